The Labute approximate surface area is 213 Å². The van der Waals surface area contributed by atoms with Crippen LogP contribution >= 0.6 is 11.8 Å². The van der Waals surface area contributed by atoms with Crippen molar-refractivity contribution in [3.8, 4) is 5.75 Å². The number of rotatable bonds is 4. The van der Waals surface area contributed by atoms with E-state index in [0.29, 0.717) is 0 Å². The highest BCUT2D eigenvalue weighted by Crippen LogP contribution is 2.26. The van der Waals surface area contributed by atoms with Gasteiger partial charge in [0.05, 0.1) is 6.42 Å². The zero-order valence-corrected chi connectivity index (χ0v) is 20.6. The highest BCUT2D eigenvalue weighted by atomic mass is 32.2. The Morgan fingerprint density at radius 2 is 1.03 bits per heavy atom. The molecule has 0 unspecified atom stereocenters. The molecule has 1 N–H and O–H groups in total. The van der Waals surface area contributed by atoms with Crippen LogP contribution in [0.15, 0.2) is 161 Å². The number of hydrogen-bond acceptors (Lipinski definition) is 1. The van der Waals surface area contributed by atoms with Crippen molar-refractivity contribution in [1.29, 1.82) is 0 Å². The van der Waals surface area contributed by atoms with Gasteiger partial charge in [-0.25, -0.2) is 0 Å². The number of aliphatic hydroxyl groups is 1. The Morgan fingerprint density at radius 1 is 0.543 bits per heavy atom. The molecular weight excluding hydrogens is 444 g/mol. The maximum absolute atomic E-state index is 4.54. The fourth-order valence-corrected chi connectivity index (χ4v) is 3.83. The standard InChI is InChI=1S/C13H12O.C12H10S.C8H8/c1-2-5-9-12(8-4-1)14-13-10-6-3-7-11-13;1-3-7-11(8-4-1)13-12-9-5-2-6-10-12;1-7-3-5-8(2)6-4-7/h1-8,10-11H,9H2;1-10H;3-6H,1-2H2/p+1. The molecule has 35 heavy (non-hydrogen) atoms. The summed E-state index contributed by atoms with van der Waals surface area (Å²) in [4.78, 5) is 2.57. The lowest BCUT2D eigenvalue weighted by molar-refractivity contribution is 0.149. The Hall–Kier alpha value is -4.01. The first-order chi connectivity index (χ1) is 17.2. The first kappa shape index (κ1) is 25.6. The molecule has 0 bridgehead atoms. The van der Waals surface area contributed by atoms with Crippen LogP contribution in [0.1, 0.15) is 6.42 Å². The van der Waals surface area contributed by atoms with Crippen LogP contribution in [0.25, 0.3) is 13.2 Å². The summed E-state index contributed by atoms with van der Waals surface area (Å²) in [5, 5.41) is 2.08. The van der Waals surface area contributed by atoms with E-state index in [1.165, 1.54) is 9.79 Å². The second kappa shape index (κ2) is 15.0. The van der Waals surface area contributed by atoms with Crippen LogP contribution in [-0.4, -0.2) is 4.74 Å². The largest absolute Gasteiger partial charge is 0.549 e. The molecule has 1 nitrogen and oxygen atoms in total. The summed E-state index contributed by atoms with van der Waals surface area (Å²) in [5.41, 5.74) is 0. The molecule has 5 rings (SSSR count). The van der Waals surface area contributed by atoms with Crippen LogP contribution in [-0.2, 0) is 0 Å². The molecule has 0 amide bonds. The molecule has 1 aliphatic rings. The molecule has 4 aromatic carbocycles. The van der Waals surface area contributed by atoms with Gasteiger partial charge in [-0.1, -0.05) is 128 Å². The van der Waals surface area contributed by atoms with Gasteiger partial charge in [-0.3, -0.25) is 0 Å². The minimum Gasteiger partial charge on any atom is -0.549 e. The molecule has 2 heteroatoms. The smallest absolute Gasteiger partial charge is 0.260 e. The fourth-order valence-electron chi connectivity index (χ4n) is 2.97. The second-order valence-electron chi connectivity index (χ2n) is 7.67. The average molecular weight is 476 g/mol. The molecule has 0 radical (unpaired) electrons. The van der Waals surface area contributed by atoms with E-state index in [9.17, 15) is 0 Å². The van der Waals surface area contributed by atoms with E-state index in [4.69, 9.17) is 0 Å². The molecule has 0 atom stereocenters. The van der Waals surface area contributed by atoms with E-state index in [0.717, 1.165) is 28.4 Å². The lowest BCUT2D eigenvalue weighted by Gasteiger charge is -2.03. The monoisotopic (exact) mass is 475 g/mol. The summed E-state index contributed by atoms with van der Waals surface area (Å²) in [6.07, 6.45) is 11.2. The Kier molecular flexibility index (Phi) is 11.0. The third-order valence-corrected chi connectivity index (χ3v) is 5.76. The summed E-state index contributed by atoms with van der Waals surface area (Å²) in [6, 6.07) is 38.6. The van der Waals surface area contributed by atoms with Gasteiger partial charge in [-0.15, -0.1) is 0 Å². The van der Waals surface area contributed by atoms with E-state index in [-0.39, 0.29) is 0 Å². The highest BCUT2D eigenvalue weighted by Gasteiger charge is 2.04. The van der Waals surface area contributed by atoms with Crippen molar-refractivity contribution in [2.24, 2.45) is 0 Å². The number of para-hydroxylation sites is 1. The predicted molar refractivity (Wildman–Crippen MR) is 153 cm³/mol. The van der Waals surface area contributed by atoms with E-state index in [1.54, 1.807) is 11.8 Å². The number of benzene rings is 4. The molecule has 174 valence electrons. The molecular formula is C33H31OS+. The summed E-state index contributed by atoms with van der Waals surface area (Å²) < 4.78 is 4.54. The lowest BCUT2D eigenvalue weighted by atomic mass is 10.3. The average Bonchev–Trinajstić information content (AvgIpc) is 3.17. The van der Waals surface area contributed by atoms with Gasteiger partial charge in [-0.05, 0) is 34.7 Å². The number of hydrogen-bond donors (Lipinski definition) is 0. The van der Waals surface area contributed by atoms with Crippen molar-refractivity contribution in [2.45, 2.75) is 16.2 Å². The summed E-state index contributed by atoms with van der Waals surface area (Å²) in [5.74, 6) is 2.11. The third kappa shape index (κ3) is 10.6. The lowest BCUT2D eigenvalue weighted by Crippen LogP contribution is -2.02. The van der Waals surface area contributed by atoms with Crippen molar-refractivity contribution < 1.29 is 4.74 Å². The second-order valence-corrected chi connectivity index (χ2v) is 8.81. The van der Waals surface area contributed by atoms with Crippen LogP contribution in [0.4, 0.5) is 0 Å². The molecule has 0 spiro atoms. The van der Waals surface area contributed by atoms with Crippen molar-refractivity contribution in [2.75, 3.05) is 0 Å². The minimum absolute atomic E-state index is 0.905. The molecule has 0 aromatic heterocycles. The van der Waals surface area contributed by atoms with Gasteiger partial charge in [0, 0.05) is 28.0 Å². The van der Waals surface area contributed by atoms with Gasteiger partial charge < -0.3 is 4.74 Å². The van der Waals surface area contributed by atoms with E-state index in [2.05, 4.69) is 72.5 Å². The van der Waals surface area contributed by atoms with Crippen LogP contribution in [0.3, 0.4) is 0 Å². The van der Waals surface area contributed by atoms with Gasteiger partial charge in [0.25, 0.3) is 5.75 Å². The Balaban J connectivity index is 0.000000152. The van der Waals surface area contributed by atoms with Gasteiger partial charge in [0.2, 0.25) is 5.76 Å². The van der Waals surface area contributed by atoms with E-state index < -0.39 is 0 Å². The van der Waals surface area contributed by atoms with Gasteiger partial charge in [0.1, 0.15) is 0 Å². The highest BCUT2D eigenvalue weighted by molar-refractivity contribution is 7.99. The number of ether oxygens (including phenoxy) is 1. The topological polar surface area (TPSA) is 12.8 Å². The fraction of sp³-hybridized carbons (Fsp3) is 0.0303. The van der Waals surface area contributed by atoms with Crippen LogP contribution in [0.2, 0.25) is 0 Å². The summed E-state index contributed by atoms with van der Waals surface area (Å²) in [6.45, 7) is 7.47. The Bertz CT molecular complexity index is 1230. The van der Waals surface area contributed by atoms with Crippen LogP contribution in [0, 0.1) is 0 Å². The molecule has 4 aromatic rings. The maximum atomic E-state index is 4.54. The number of aromatic hydroxyl groups is 1. The van der Waals surface area contributed by atoms with Crippen molar-refractivity contribution in [1.82, 2.24) is 0 Å². The third-order valence-electron chi connectivity index (χ3n) is 4.75. The quantitative estimate of drug-likeness (QED) is 0.276. The zero-order valence-electron chi connectivity index (χ0n) is 19.8. The molecule has 0 fully saturated rings. The summed E-state index contributed by atoms with van der Waals surface area (Å²) >= 11 is 1.79. The molecule has 0 heterocycles. The molecule has 0 aliphatic heterocycles. The van der Waals surface area contributed by atoms with Crippen LogP contribution in [0.5, 0.6) is 5.75 Å². The van der Waals surface area contributed by atoms with Gasteiger partial charge in [-0.2, -0.15) is 0 Å². The van der Waals surface area contributed by atoms with Crippen molar-refractivity contribution in [3.63, 3.8) is 0 Å². The van der Waals surface area contributed by atoms with Crippen molar-refractivity contribution in [3.05, 3.63) is 162 Å². The first-order valence-electron chi connectivity index (χ1n) is 11.5. The summed E-state index contributed by atoms with van der Waals surface area (Å²) in [7, 11) is 0. The molecule has 0 saturated carbocycles. The molecule has 1 aliphatic carbocycles. The van der Waals surface area contributed by atoms with Crippen LogP contribution < -0.4 is 10.4 Å². The SMILES string of the molecule is C1=CC=C([OH+]c2ccccc2)CC=C1.C=c1ccc(=C)cc1.c1ccc(Sc2ccccc2)cc1. The maximum Gasteiger partial charge on any atom is 0.260 e. The van der Waals surface area contributed by atoms with Gasteiger partial charge >= 0.3 is 0 Å². The van der Waals surface area contributed by atoms with Gasteiger partial charge in [0.15, 0.2) is 0 Å². The van der Waals surface area contributed by atoms with E-state index >= 15 is 0 Å². The minimum atomic E-state index is 0.905. The van der Waals surface area contributed by atoms with E-state index in [1.807, 2.05) is 91.0 Å². The zero-order chi connectivity index (χ0) is 24.6. The number of allylic oxidation sites excluding steroid dienone is 5. The first-order valence-corrected chi connectivity index (χ1v) is 12.3. The van der Waals surface area contributed by atoms with Crippen molar-refractivity contribution >= 4 is 24.9 Å². The Morgan fingerprint density at radius 3 is 1.54 bits per heavy atom. The molecule has 0 saturated heterocycles. The predicted octanol–water partition coefficient (Wildman–Crippen LogP) is 7.67. The normalized spacial score (nSPS) is 11.6.